The van der Waals surface area contributed by atoms with Crippen LogP contribution in [0.25, 0.3) is 0 Å². The van der Waals surface area contributed by atoms with Gasteiger partial charge in [-0.1, -0.05) is 15.9 Å². The number of benzene rings is 1. The van der Waals surface area contributed by atoms with Gasteiger partial charge in [-0.2, -0.15) is 0 Å². The van der Waals surface area contributed by atoms with Crippen molar-refractivity contribution in [2.75, 3.05) is 13.6 Å². The maximum absolute atomic E-state index is 12.8. The largest absolute Gasteiger partial charge is 0.320 e. The van der Waals surface area contributed by atoms with Crippen LogP contribution in [0.5, 0.6) is 0 Å². The number of hydrogen-bond donors (Lipinski definition) is 1. The van der Waals surface area contributed by atoms with Gasteiger partial charge in [0.15, 0.2) is 0 Å². The second-order valence-corrected chi connectivity index (χ2v) is 3.80. The highest BCUT2D eigenvalue weighted by Gasteiger charge is 2.00. The predicted octanol–water partition coefficient (Wildman–Crippen LogP) is 2.74. The van der Waals surface area contributed by atoms with E-state index in [0.29, 0.717) is 0 Å². The molecule has 0 aromatic heterocycles. The van der Waals surface area contributed by atoms with E-state index in [1.165, 1.54) is 6.07 Å². The topological polar surface area (TPSA) is 12.0 Å². The van der Waals surface area contributed by atoms with Crippen molar-refractivity contribution in [3.63, 3.8) is 0 Å². The number of nitrogens with one attached hydrogen (secondary N) is 1. The maximum atomic E-state index is 12.8. The molecule has 0 heterocycles. The molecule has 0 atom stereocenters. The van der Waals surface area contributed by atoms with E-state index in [0.717, 1.165) is 29.4 Å². The van der Waals surface area contributed by atoms with E-state index >= 15 is 0 Å². The predicted molar refractivity (Wildman–Crippen MR) is 56.3 cm³/mol. The lowest BCUT2D eigenvalue weighted by Gasteiger charge is -2.03. The van der Waals surface area contributed by atoms with Gasteiger partial charge in [0.25, 0.3) is 0 Å². The Hall–Kier alpha value is -0.410. The minimum Gasteiger partial charge on any atom is -0.320 e. The molecule has 0 aliphatic rings. The average molecular weight is 246 g/mol. The molecule has 1 nitrogen and oxygen atoms in total. The molecule has 0 fully saturated rings. The standard InChI is InChI=1S/C10H13BrFN/c1-13-6-2-3-8-7-9(12)4-5-10(8)11/h4-5,7,13H,2-3,6H2,1H3. The van der Waals surface area contributed by atoms with Crippen LogP contribution in [0.3, 0.4) is 0 Å². The smallest absolute Gasteiger partial charge is 0.123 e. The molecule has 1 rings (SSSR count). The van der Waals surface area contributed by atoms with Crippen LogP contribution >= 0.6 is 15.9 Å². The molecule has 3 heteroatoms. The highest BCUT2D eigenvalue weighted by atomic mass is 79.9. The first-order chi connectivity index (χ1) is 6.24. The summed E-state index contributed by atoms with van der Waals surface area (Å²) in [7, 11) is 1.92. The zero-order valence-electron chi connectivity index (χ0n) is 7.61. The molecule has 0 spiro atoms. The molecule has 0 unspecified atom stereocenters. The van der Waals surface area contributed by atoms with Crippen LogP contribution in [-0.4, -0.2) is 13.6 Å². The molecule has 0 aliphatic heterocycles. The van der Waals surface area contributed by atoms with E-state index in [9.17, 15) is 4.39 Å². The van der Waals surface area contributed by atoms with Crippen molar-refractivity contribution < 1.29 is 4.39 Å². The fourth-order valence-electron chi connectivity index (χ4n) is 1.19. The summed E-state index contributed by atoms with van der Waals surface area (Å²) in [4.78, 5) is 0. The summed E-state index contributed by atoms with van der Waals surface area (Å²) in [5, 5.41) is 3.06. The Morgan fingerprint density at radius 3 is 2.92 bits per heavy atom. The lowest BCUT2D eigenvalue weighted by atomic mass is 10.1. The Morgan fingerprint density at radius 1 is 1.46 bits per heavy atom. The third-order valence-corrected chi connectivity index (χ3v) is 2.65. The molecule has 0 bridgehead atoms. The fourth-order valence-corrected chi connectivity index (χ4v) is 1.64. The fraction of sp³-hybridized carbons (Fsp3) is 0.400. The van der Waals surface area contributed by atoms with Gasteiger partial charge in [0, 0.05) is 4.47 Å². The molecule has 0 saturated carbocycles. The lowest BCUT2D eigenvalue weighted by Crippen LogP contribution is -2.08. The summed E-state index contributed by atoms with van der Waals surface area (Å²) in [6, 6.07) is 4.80. The summed E-state index contributed by atoms with van der Waals surface area (Å²) in [6.45, 7) is 0.961. The van der Waals surface area contributed by atoms with Crippen LogP contribution in [0.1, 0.15) is 12.0 Å². The van der Waals surface area contributed by atoms with Crippen molar-refractivity contribution in [2.45, 2.75) is 12.8 Å². The summed E-state index contributed by atoms with van der Waals surface area (Å²) >= 11 is 3.40. The molecule has 0 saturated heterocycles. The first-order valence-electron chi connectivity index (χ1n) is 4.32. The van der Waals surface area contributed by atoms with Gasteiger partial charge in [-0.05, 0) is 50.2 Å². The first-order valence-corrected chi connectivity index (χ1v) is 5.12. The van der Waals surface area contributed by atoms with Crippen molar-refractivity contribution in [1.82, 2.24) is 5.32 Å². The average Bonchev–Trinajstić information content (AvgIpc) is 2.11. The third kappa shape index (κ3) is 3.44. The van der Waals surface area contributed by atoms with E-state index < -0.39 is 0 Å². The second kappa shape index (κ2) is 5.35. The van der Waals surface area contributed by atoms with Crippen molar-refractivity contribution >= 4 is 15.9 Å². The zero-order valence-corrected chi connectivity index (χ0v) is 9.20. The van der Waals surface area contributed by atoms with E-state index in [4.69, 9.17) is 0 Å². The molecule has 1 N–H and O–H groups in total. The van der Waals surface area contributed by atoms with Gasteiger partial charge in [0.2, 0.25) is 0 Å². The lowest BCUT2D eigenvalue weighted by molar-refractivity contribution is 0.623. The van der Waals surface area contributed by atoms with Crippen molar-refractivity contribution in [2.24, 2.45) is 0 Å². The number of halogens is 2. The SMILES string of the molecule is CNCCCc1cc(F)ccc1Br. The minimum absolute atomic E-state index is 0.164. The van der Waals surface area contributed by atoms with Crippen LogP contribution in [0.2, 0.25) is 0 Å². The first kappa shape index (κ1) is 10.7. The van der Waals surface area contributed by atoms with Crippen molar-refractivity contribution in [3.8, 4) is 0 Å². The maximum Gasteiger partial charge on any atom is 0.123 e. The van der Waals surface area contributed by atoms with Gasteiger partial charge in [0.1, 0.15) is 5.82 Å². The number of hydrogen-bond acceptors (Lipinski definition) is 1. The van der Waals surface area contributed by atoms with E-state index in [1.54, 1.807) is 12.1 Å². The van der Waals surface area contributed by atoms with Crippen LogP contribution in [0, 0.1) is 5.82 Å². The molecule has 72 valence electrons. The summed E-state index contributed by atoms with van der Waals surface area (Å²) in [5.74, 6) is -0.164. The van der Waals surface area contributed by atoms with Crippen LogP contribution in [-0.2, 0) is 6.42 Å². The van der Waals surface area contributed by atoms with Gasteiger partial charge < -0.3 is 5.32 Å². The molecule has 0 amide bonds. The van der Waals surface area contributed by atoms with Crippen molar-refractivity contribution in [3.05, 3.63) is 34.1 Å². The van der Waals surface area contributed by atoms with Crippen LogP contribution < -0.4 is 5.32 Å². The monoisotopic (exact) mass is 245 g/mol. The normalized spacial score (nSPS) is 10.4. The van der Waals surface area contributed by atoms with Gasteiger partial charge in [-0.25, -0.2) is 4.39 Å². The molecule has 13 heavy (non-hydrogen) atoms. The van der Waals surface area contributed by atoms with Crippen LogP contribution in [0.15, 0.2) is 22.7 Å². The quantitative estimate of drug-likeness (QED) is 0.805. The minimum atomic E-state index is -0.164. The second-order valence-electron chi connectivity index (χ2n) is 2.94. The van der Waals surface area contributed by atoms with E-state index in [2.05, 4.69) is 21.2 Å². The van der Waals surface area contributed by atoms with Crippen molar-refractivity contribution in [1.29, 1.82) is 0 Å². The van der Waals surface area contributed by atoms with Gasteiger partial charge in [-0.3, -0.25) is 0 Å². The number of aryl methyl sites for hydroxylation is 1. The van der Waals surface area contributed by atoms with Gasteiger partial charge in [-0.15, -0.1) is 0 Å². The highest BCUT2D eigenvalue weighted by molar-refractivity contribution is 9.10. The number of rotatable bonds is 4. The summed E-state index contributed by atoms with van der Waals surface area (Å²) < 4.78 is 13.8. The third-order valence-electron chi connectivity index (χ3n) is 1.88. The van der Waals surface area contributed by atoms with Gasteiger partial charge >= 0.3 is 0 Å². The Kier molecular flexibility index (Phi) is 4.39. The summed E-state index contributed by atoms with van der Waals surface area (Å²) in [5.41, 5.74) is 1.04. The molecular weight excluding hydrogens is 233 g/mol. The molecule has 1 aromatic rings. The Bertz CT molecular complexity index is 276. The molecule has 0 aliphatic carbocycles. The Balaban J connectivity index is 2.59. The molecule has 0 radical (unpaired) electrons. The highest BCUT2D eigenvalue weighted by Crippen LogP contribution is 2.18. The summed E-state index contributed by atoms with van der Waals surface area (Å²) in [6.07, 6.45) is 1.93. The molecule has 1 aromatic carbocycles. The van der Waals surface area contributed by atoms with E-state index in [1.807, 2.05) is 7.05 Å². The Morgan fingerprint density at radius 2 is 2.23 bits per heavy atom. The van der Waals surface area contributed by atoms with Crippen LogP contribution in [0.4, 0.5) is 4.39 Å². The van der Waals surface area contributed by atoms with Gasteiger partial charge in [0.05, 0.1) is 0 Å². The molecular formula is C10H13BrFN. The zero-order chi connectivity index (χ0) is 9.68. The van der Waals surface area contributed by atoms with E-state index in [-0.39, 0.29) is 5.82 Å². The Labute approximate surface area is 86.5 Å².